The lowest BCUT2D eigenvalue weighted by atomic mass is 9.94. The highest BCUT2D eigenvalue weighted by molar-refractivity contribution is 9.10. The Hall–Kier alpha value is -1.89. The summed E-state index contributed by atoms with van der Waals surface area (Å²) in [6.07, 6.45) is 1.75. The van der Waals surface area contributed by atoms with E-state index in [1.54, 1.807) is 13.2 Å². The zero-order valence-corrected chi connectivity index (χ0v) is 15.9. The number of nitrogens with one attached hydrogen (secondary N) is 2. The summed E-state index contributed by atoms with van der Waals surface area (Å²) in [6, 6.07) is 4.76. The Morgan fingerprint density at radius 1 is 1.25 bits per heavy atom. The van der Waals surface area contributed by atoms with E-state index in [0.29, 0.717) is 29.4 Å². The molecular formula is C17H22BrFN4O. The molecule has 0 fully saturated rings. The third-order valence-corrected chi connectivity index (χ3v) is 3.76. The highest BCUT2D eigenvalue weighted by atomic mass is 79.9. The van der Waals surface area contributed by atoms with Gasteiger partial charge in [-0.25, -0.2) is 9.37 Å². The van der Waals surface area contributed by atoms with E-state index in [1.165, 1.54) is 12.1 Å². The molecule has 0 unspecified atom stereocenters. The molecule has 0 atom stereocenters. The summed E-state index contributed by atoms with van der Waals surface area (Å²) in [4.78, 5) is 8.40. The summed E-state index contributed by atoms with van der Waals surface area (Å²) < 4.78 is 19.8. The van der Waals surface area contributed by atoms with Gasteiger partial charge in [-0.1, -0.05) is 36.7 Å². The van der Waals surface area contributed by atoms with Gasteiger partial charge < -0.3 is 15.1 Å². The third-order valence-electron chi connectivity index (χ3n) is 3.31. The minimum Gasteiger partial charge on any atom is -0.443 e. The van der Waals surface area contributed by atoms with Gasteiger partial charge in [0.2, 0.25) is 5.89 Å². The predicted octanol–water partition coefficient (Wildman–Crippen LogP) is 3.74. The van der Waals surface area contributed by atoms with E-state index < -0.39 is 0 Å². The number of halogens is 2. The van der Waals surface area contributed by atoms with Gasteiger partial charge in [0.05, 0.1) is 12.7 Å². The molecule has 1 aromatic carbocycles. The van der Waals surface area contributed by atoms with Crippen LogP contribution in [0.2, 0.25) is 0 Å². The summed E-state index contributed by atoms with van der Waals surface area (Å²) in [5.74, 6) is 1.74. The summed E-state index contributed by atoms with van der Waals surface area (Å²) in [5.41, 5.74) is 0.742. The first-order chi connectivity index (χ1) is 11.3. The molecule has 1 heterocycles. The summed E-state index contributed by atoms with van der Waals surface area (Å²) >= 11 is 3.28. The first kappa shape index (κ1) is 18.4. The van der Waals surface area contributed by atoms with Crippen LogP contribution in [0.3, 0.4) is 0 Å². The molecular weight excluding hydrogens is 375 g/mol. The van der Waals surface area contributed by atoms with Crippen molar-refractivity contribution in [2.45, 2.75) is 39.3 Å². The van der Waals surface area contributed by atoms with Crippen LogP contribution in [-0.4, -0.2) is 18.0 Å². The van der Waals surface area contributed by atoms with E-state index >= 15 is 0 Å². The molecule has 2 rings (SSSR count). The Morgan fingerprint density at radius 2 is 1.96 bits per heavy atom. The van der Waals surface area contributed by atoms with Crippen LogP contribution in [0, 0.1) is 5.82 Å². The lowest BCUT2D eigenvalue weighted by Gasteiger charge is -2.13. The Bertz CT molecular complexity index is 701. The van der Waals surface area contributed by atoms with Crippen LogP contribution in [-0.2, 0) is 18.5 Å². The normalized spacial score (nSPS) is 12.3. The van der Waals surface area contributed by atoms with Gasteiger partial charge in [0.15, 0.2) is 5.96 Å². The van der Waals surface area contributed by atoms with Gasteiger partial charge in [0, 0.05) is 23.5 Å². The molecule has 0 aliphatic rings. The number of aromatic nitrogens is 1. The fourth-order valence-electron chi connectivity index (χ4n) is 2.02. The molecule has 24 heavy (non-hydrogen) atoms. The van der Waals surface area contributed by atoms with Gasteiger partial charge in [0.25, 0.3) is 0 Å². The van der Waals surface area contributed by atoms with Crippen molar-refractivity contribution in [3.63, 3.8) is 0 Å². The summed E-state index contributed by atoms with van der Waals surface area (Å²) in [6.45, 7) is 7.09. The standard InChI is InChI=1S/C17H22BrFN4O/c1-17(2,3)14-9-21-15(24-14)10-23-16(20-4)22-8-11-5-12(18)7-13(19)6-11/h5-7,9H,8,10H2,1-4H3,(H2,20,22,23). The maximum absolute atomic E-state index is 13.4. The first-order valence-electron chi connectivity index (χ1n) is 7.62. The van der Waals surface area contributed by atoms with Gasteiger partial charge >= 0.3 is 0 Å². The molecule has 2 aromatic rings. The van der Waals surface area contributed by atoms with Crippen molar-refractivity contribution in [2.75, 3.05) is 7.05 Å². The van der Waals surface area contributed by atoms with Gasteiger partial charge in [0.1, 0.15) is 11.6 Å². The maximum atomic E-state index is 13.4. The van der Waals surface area contributed by atoms with E-state index in [9.17, 15) is 4.39 Å². The van der Waals surface area contributed by atoms with Crippen molar-refractivity contribution in [2.24, 2.45) is 4.99 Å². The lowest BCUT2D eigenvalue weighted by Crippen LogP contribution is -2.36. The van der Waals surface area contributed by atoms with E-state index in [1.807, 2.05) is 6.07 Å². The second-order valence-electron chi connectivity index (χ2n) is 6.43. The van der Waals surface area contributed by atoms with Crippen molar-refractivity contribution in [3.8, 4) is 0 Å². The Morgan fingerprint density at radius 3 is 2.54 bits per heavy atom. The maximum Gasteiger partial charge on any atom is 0.213 e. The van der Waals surface area contributed by atoms with Crippen LogP contribution in [0.4, 0.5) is 4.39 Å². The minimum atomic E-state index is -0.279. The van der Waals surface area contributed by atoms with Gasteiger partial charge in [-0.05, 0) is 23.8 Å². The summed E-state index contributed by atoms with van der Waals surface area (Å²) in [5, 5.41) is 6.26. The fraction of sp³-hybridized carbons (Fsp3) is 0.412. The van der Waals surface area contributed by atoms with Crippen molar-refractivity contribution >= 4 is 21.9 Å². The predicted molar refractivity (Wildman–Crippen MR) is 96.3 cm³/mol. The van der Waals surface area contributed by atoms with Crippen molar-refractivity contribution in [1.82, 2.24) is 15.6 Å². The zero-order chi connectivity index (χ0) is 17.7. The second-order valence-corrected chi connectivity index (χ2v) is 7.34. The zero-order valence-electron chi connectivity index (χ0n) is 14.3. The van der Waals surface area contributed by atoms with Crippen LogP contribution in [0.25, 0.3) is 0 Å². The molecule has 0 saturated heterocycles. The molecule has 0 aliphatic carbocycles. The molecule has 0 spiro atoms. The monoisotopic (exact) mass is 396 g/mol. The number of benzene rings is 1. The van der Waals surface area contributed by atoms with Crippen molar-refractivity contribution in [1.29, 1.82) is 0 Å². The van der Waals surface area contributed by atoms with Gasteiger partial charge in [-0.15, -0.1) is 0 Å². The van der Waals surface area contributed by atoms with E-state index in [0.717, 1.165) is 11.3 Å². The van der Waals surface area contributed by atoms with Crippen LogP contribution in [0.5, 0.6) is 0 Å². The van der Waals surface area contributed by atoms with Crippen LogP contribution in [0.1, 0.15) is 38.0 Å². The number of rotatable bonds is 4. The van der Waals surface area contributed by atoms with Crippen molar-refractivity contribution in [3.05, 3.63) is 51.9 Å². The van der Waals surface area contributed by atoms with Gasteiger partial charge in [-0.3, -0.25) is 4.99 Å². The average molecular weight is 397 g/mol. The second kappa shape index (κ2) is 7.79. The van der Waals surface area contributed by atoms with Gasteiger partial charge in [-0.2, -0.15) is 0 Å². The molecule has 0 saturated carbocycles. The topological polar surface area (TPSA) is 62.5 Å². The number of nitrogens with zero attached hydrogens (tertiary/aromatic N) is 2. The van der Waals surface area contributed by atoms with Crippen molar-refractivity contribution < 1.29 is 8.81 Å². The smallest absolute Gasteiger partial charge is 0.213 e. The SMILES string of the molecule is CN=C(NCc1cc(F)cc(Br)c1)NCc1ncc(C(C)(C)C)o1. The van der Waals surface area contributed by atoms with Crippen LogP contribution < -0.4 is 10.6 Å². The first-order valence-corrected chi connectivity index (χ1v) is 8.42. The van der Waals surface area contributed by atoms with Crippen LogP contribution in [0.15, 0.2) is 38.3 Å². The highest BCUT2D eigenvalue weighted by Gasteiger charge is 2.19. The molecule has 0 amide bonds. The highest BCUT2D eigenvalue weighted by Crippen LogP contribution is 2.22. The minimum absolute atomic E-state index is 0.0735. The molecule has 0 bridgehead atoms. The number of hydrogen-bond donors (Lipinski definition) is 2. The van der Waals surface area contributed by atoms with Crippen LogP contribution >= 0.6 is 15.9 Å². The molecule has 1 aromatic heterocycles. The third kappa shape index (κ3) is 5.33. The molecule has 130 valence electrons. The molecule has 0 radical (unpaired) electrons. The average Bonchev–Trinajstić information content (AvgIpc) is 2.95. The number of aliphatic imine (C=N–C) groups is 1. The van der Waals surface area contributed by atoms with E-state index in [2.05, 4.69) is 57.3 Å². The molecule has 2 N–H and O–H groups in total. The fourth-order valence-corrected chi connectivity index (χ4v) is 2.53. The number of hydrogen-bond acceptors (Lipinski definition) is 3. The van der Waals surface area contributed by atoms with E-state index in [-0.39, 0.29) is 11.2 Å². The summed E-state index contributed by atoms with van der Waals surface area (Å²) in [7, 11) is 1.67. The van der Waals surface area contributed by atoms with E-state index in [4.69, 9.17) is 4.42 Å². The quantitative estimate of drug-likeness (QED) is 0.610. The molecule has 5 nitrogen and oxygen atoms in total. The Kier molecular flexibility index (Phi) is 5.99. The Labute approximate surface area is 149 Å². The molecule has 0 aliphatic heterocycles. The Balaban J connectivity index is 1.90. The largest absolute Gasteiger partial charge is 0.443 e. The number of guanidine groups is 1. The lowest BCUT2D eigenvalue weighted by molar-refractivity contribution is 0.379. The number of oxazole rings is 1. The molecule has 7 heteroatoms.